The number of pyridine rings is 1. The summed E-state index contributed by atoms with van der Waals surface area (Å²) < 4.78 is 1.11. The zero-order valence-corrected chi connectivity index (χ0v) is 13.0. The van der Waals surface area contributed by atoms with Crippen LogP contribution in [0.5, 0.6) is 0 Å². The minimum absolute atomic E-state index is 0.423. The Bertz CT molecular complexity index is 530. The van der Waals surface area contributed by atoms with E-state index in [1.807, 2.05) is 30.1 Å². The Hall–Kier alpha value is -0.740. The quantitative estimate of drug-likeness (QED) is 0.873. The Morgan fingerprint density at radius 2 is 2.17 bits per heavy atom. The summed E-state index contributed by atoms with van der Waals surface area (Å²) in [7, 11) is 0. The number of rotatable bonds is 5. The van der Waals surface area contributed by atoms with Gasteiger partial charge in [-0.15, -0.1) is 0 Å². The Kier molecular flexibility index (Phi) is 4.89. The third-order valence-corrected chi connectivity index (χ3v) is 4.54. The van der Waals surface area contributed by atoms with Gasteiger partial charge in [0.25, 0.3) is 0 Å². The summed E-state index contributed by atoms with van der Waals surface area (Å²) in [6.07, 6.45) is 1.86. The van der Waals surface area contributed by atoms with Crippen LogP contribution in [0.3, 0.4) is 0 Å². The normalized spacial score (nSPS) is 12.6. The molecule has 1 heterocycles. The van der Waals surface area contributed by atoms with Crippen molar-refractivity contribution in [3.05, 3.63) is 34.9 Å². The molecule has 0 spiro atoms. The Morgan fingerprint density at radius 1 is 1.33 bits per heavy atom. The molecule has 0 radical (unpaired) electrons. The first-order chi connectivity index (χ1) is 8.72. The number of hydrogen-bond acceptors (Lipinski definition) is 3. The Labute approximate surface area is 121 Å². The van der Waals surface area contributed by atoms with Gasteiger partial charge in [0.15, 0.2) is 0 Å². The van der Waals surface area contributed by atoms with Gasteiger partial charge < -0.3 is 5.32 Å². The summed E-state index contributed by atoms with van der Waals surface area (Å²) >= 11 is 5.52. The average molecular weight is 325 g/mol. The van der Waals surface area contributed by atoms with Crippen LogP contribution >= 0.6 is 27.7 Å². The SMILES string of the molecule is CCSCC(C)Nc1nccc2c(Br)cccc12. The van der Waals surface area contributed by atoms with Crippen LogP contribution in [-0.2, 0) is 0 Å². The highest BCUT2D eigenvalue weighted by Crippen LogP contribution is 2.28. The number of hydrogen-bond donors (Lipinski definition) is 1. The van der Waals surface area contributed by atoms with E-state index in [2.05, 4.69) is 52.2 Å². The molecule has 2 aromatic rings. The molecule has 0 amide bonds. The number of benzene rings is 1. The fraction of sp³-hybridized carbons (Fsp3) is 0.357. The minimum atomic E-state index is 0.423. The third kappa shape index (κ3) is 3.18. The lowest BCUT2D eigenvalue weighted by Gasteiger charge is -2.15. The number of nitrogens with one attached hydrogen (secondary N) is 1. The second kappa shape index (κ2) is 6.43. The van der Waals surface area contributed by atoms with E-state index in [9.17, 15) is 0 Å². The summed E-state index contributed by atoms with van der Waals surface area (Å²) in [4.78, 5) is 4.45. The van der Waals surface area contributed by atoms with Crippen molar-refractivity contribution in [3.8, 4) is 0 Å². The standard InChI is InChI=1S/C14H17BrN2S/c1-3-18-9-10(2)17-14-12-5-4-6-13(15)11(12)7-8-16-14/h4-8,10H,3,9H2,1-2H3,(H,16,17). The molecule has 1 aromatic carbocycles. The van der Waals surface area contributed by atoms with Crippen molar-refractivity contribution in [1.82, 2.24) is 4.98 Å². The monoisotopic (exact) mass is 324 g/mol. The van der Waals surface area contributed by atoms with Crippen LogP contribution in [0, 0.1) is 0 Å². The predicted octanol–water partition coefficient (Wildman–Crippen LogP) is 4.55. The largest absolute Gasteiger partial charge is 0.366 e. The number of halogens is 1. The topological polar surface area (TPSA) is 24.9 Å². The molecule has 18 heavy (non-hydrogen) atoms. The molecule has 1 atom stereocenters. The van der Waals surface area contributed by atoms with Crippen LogP contribution < -0.4 is 5.32 Å². The highest BCUT2D eigenvalue weighted by molar-refractivity contribution is 9.10. The lowest BCUT2D eigenvalue weighted by molar-refractivity contribution is 0.905. The maximum atomic E-state index is 4.45. The van der Waals surface area contributed by atoms with E-state index in [0.29, 0.717) is 6.04 Å². The van der Waals surface area contributed by atoms with E-state index in [-0.39, 0.29) is 0 Å². The van der Waals surface area contributed by atoms with Crippen molar-refractivity contribution in [3.63, 3.8) is 0 Å². The zero-order valence-electron chi connectivity index (χ0n) is 10.6. The van der Waals surface area contributed by atoms with E-state index < -0.39 is 0 Å². The number of aromatic nitrogens is 1. The summed E-state index contributed by atoms with van der Waals surface area (Å²) in [6, 6.07) is 8.67. The molecule has 4 heteroatoms. The zero-order chi connectivity index (χ0) is 13.0. The Morgan fingerprint density at radius 3 is 2.94 bits per heavy atom. The molecule has 0 saturated carbocycles. The van der Waals surface area contributed by atoms with Gasteiger partial charge >= 0.3 is 0 Å². The molecule has 0 aliphatic rings. The molecule has 0 fully saturated rings. The van der Waals surface area contributed by atoms with E-state index in [4.69, 9.17) is 0 Å². The number of fused-ring (bicyclic) bond motifs is 1. The van der Waals surface area contributed by atoms with E-state index in [0.717, 1.165) is 21.8 Å². The molecule has 0 bridgehead atoms. The van der Waals surface area contributed by atoms with Crippen LogP contribution in [-0.4, -0.2) is 22.5 Å². The number of nitrogens with zero attached hydrogens (tertiary/aromatic N) is 1. The molecule has 1 aromatic heterocycles. The lowest BCUT2D eigenvalue weighted by atomic mass is 10.1. The van der Waals surface area contributed by atoms with Gasteiger partial charge in [-0.25, -0.2) is 4.98 Å². The summed E-state index contributed by atoms with van der Waals surface area (Å²) in [5.41, 5.74) is 0. The molecule has 0 saturated heterocycles. The van der Waals surface area contributed by atoms with Gasteiger partial charge in [-0.2, -0.15) is 11.8 Å². The summed E-state index contributed by atoms with van der Waals surface area (Å²) in [5, 5.41) is 5.86. The highest BCUT2D eigenvalue weighted by atomic mass is 79.9. The first kappa shape index (κ1) is 13.7. The fourth-order valence-corrected chi connectivity index (χ4v) is 3.02. The third-order valence-electron chi connectivity index (χ3n) is 2.71. The maximum absolute atomic E-state index is 4.45. The van der Waals surface area contributed by atoms with Gasteiger partial charge in [-0.3, -0.25) is 0 Å². The molecule has 1 unspecified atom stereocenters. The smallest absolute Gasteiger partial charge is 0.134 e. The van der Waals surface area contributed by atoms with Gasteiger partial charge in [-0.05, 0) is 24.8 Å². The van der Waals surface area contributed by atoms with Crippen LogP contribution in [0.15, 0.2) is 34.9 Å². The van der Waals surface area contributed by atoms with Gasteiger partial charge in [0.1, 0.15) is 5.82 Å². The summed E-state index contributed by atoms with van der Waals surface area (Å²) in [6.45, 7) is 4.38. The first-order valence-electron chi connectivity index (χ1n) is 6.10. The minimum Gasteiger partial charge on any atom is -0.366 e. The van der Waals surface area contributed by atoms with Crippen LogP contribution in [0.1, 0.15) is 13.8 Å². The van der Waals surface area contributed by atoms with Crippen LogP contribution in [0.2, 0.25) is 0 Å². The molecular weight excluding hydrogens is 308 g/mol. The van der Waals surface area contributed by atoms with Gasteiger partial charge in [0, 0.05) is 33.2 Å². The average Bonchev–Trinajstić information content (AvgIpc) is 2.38. The first-order valence-corrected chi connectivity index (χ1v) is 8.04. The van der Waals surface area contributed by atoms with Crippen molar-refractivity contribution in [1.29, 1.82) is 0 Å². The van der Waals surface area contributed by atoms with Crippen LogP contribution in [0.4, 0.5) is 5.82 Å². The molecule has 0 aliphatic carbocycles. The van der Waals surface area contributed by atoms with Gasteiger partial charge in [0.05, 0.1) is 0 Å². The molecule has 96 valence electrons. The molecule has 2 rings (SSSR count). The number of thioether (sulfide) groups is 1. The Balaban J connectivity index is 2.25. The van der Waals surface area contributed by atoms with E-state index >= 15 is 0 Å². The fourth-order valence-electron chi connectivity index (χ4n) is 1.85. The maximum Gasteiger partial charge on any atom is 0.134 e. The molecule has 2 nitrogen and oxygen atoms in total. The van der Waals surface area contributed by atoms with Crippen LogP contribution in [0.25, 0.3) is 10.8 Å². The molecule has 1 N–H and O–H groups in total. The summed E-state index contributed by atoms with van der Waals surface area (Å²) in [5.74, 6) is 3.22. The van der Waals surface area contributed by atoms with Crippen molar-refractivity contribution in [2.24, 2.45) is 0 Å². The van der Waals surface area contributed by atoms with E-state index in [1.54, 1.807) is 0 Å². The van der Waals surface area contributed by atoms with Gasteiger partial charge in [-0.1, -0.05) is 35.0 Å². The highest BCUT2D eigenvalue weighted by Gasteiger charge is 2.07. The van der Waals surface area contributed by atoms with Crippen molar-refractivity contribution in [2.75, 3.05) is 16.8 Å². The van der Waals surface area contributed by atoms with E-state index in [1.165, 1.54) is 10.8 Å². The predicted molar refractivity (Wildman–Crippen MR) is 85.5 cm³/mol. The second-order valence-electron chi connectivity index (χ2n) is 4.20. The second-order valence-corrected chi connectivity index (χ2v) is 6.37. The van der Waals surface area contributed by atoms with Crippen molar-refractivity contribution in [2.45, 2.75) is 19.9 Å². The lowest BCUT2D eigenvalue weighted by Crippen LogP contribution is -2.19. The van der Waals surface area contributed by atoms with Gasteiger partial charge in [0.2, 0.25) is 0 Å². The van der Waals surface area contributed by atoms with Crippen molar-refractivity contribution >= 4 is 44.3 Å². The number of anilines is 1. The molecule has 0 aliphatic heterocycles. The molecular formula is C14H17BrN2S. The van der Waals surface area contributed by atoms with Crippen molar-refractivity contribution < 1.29 is 0 Å².